The Kier molecular flexibility index (Phi) is 9.52. The molecule has 3 N–H and O–H groups in total. The number of amides is 1. The molecule has 1 amide bonds. The van der Waals surface area contributed by atoms with E-state index in [4.69, 9.17) is 5.11 Å². The molecule has 0 aromatic rings. The van der Waals surface area contributed by atoms with E-state index in [-0.39, 0.29) is 12.5 Å². The maximum absolute atomic E-state index is 11.3. The van der Waals surface area contributed by atoms with Crippen LogP contribution < -0.4 is 10.6 Å². The van der Waals surface area contributed by atoms with E-state index >= 15 is 0 Å². The van der Waals surface area contributed by atoms with Crippen molar-refractivity contribution in [2.24, 2.45) is 0 Å². The van der Waals surface area contributed by atoms with E-state index in [0.29, 0.717) is 19.1 Å². The molecule has 4 heteroatoms. The molecule has 0 aromatic heterocycles. The number of nitrogens with one attached hydrogen (secondary N) is 2. The van der Waals surface area contributed by atoms with E-state index in [1.54, 1.807) is 0 Å². The third-order valence-corrected chi connectivity index (χ3v) is 2.38. The second kappa shape index (κ2) is 9.93. The van der Waals surface area contributed by atoms with Gasteiger partial charge in [-0.3, -0.25) is 4.79 Å². The summed E-state index contributed by atoms with van der Waals surface area (Å²) in [6.45, 7) is 5.50. The van der Waals surface area contributed by atoms with E-state index in [0.717, 1.165) is 25.7 Å². The second-order valence-corrected chi connectivity index (χ2v) is 3.82. The number of unbranched alkanes of at least 4 members (excludes halogenated alkanes) is 2. The van der Waals surface area contributed by atoms with Crippen LogP contribution in [0.3, 0.4) is 0 Å². The molecule has 0 spiro atoms. The lowest BCUT2D eigenvalue weighted by Crippen LogP contribution is -2.38. The number of hydrogen-bond donors (Lipinski definition) is 3. The molecular formula is C11H24N2O2. The third-order valence-electron chi connectivity index (χ3n) is 2.38. The Morgan fingerprint density at radius 3 is 2.67 bits per heavy atom. The average molecular weight is 216 g/mol. The topological polar surface area (TPSA) is 61.4 Å². The molecule has 0 radical (unpaired) electrons. The normalized spacial score (nSPS) is 12.5. The van der Waals surface area contributed by atoms with E-state index < -0.39 is 0 Å². The first kappa shape index (κ1) is 14.4. The SMILES string of the molecule is CCC(C)NCC(=O)NCCCCCO. The van der Waals surface area contributed by atoms with Crippen LogP contribution in [0.2, 0.25) is 0 Å². The summed E-state index contributed by atoms with van der Waals surface area (Å²) in [6.07, 6.45) is 3.76. The van der Waals surface area contributed by atoms with Crippen LogP contribution in [0.4, 0.5) is 0 Å². The molecule has 15 heavy (non-hydrogen) atoms. The van der Waals surface area contributed by atoms with Gasteiger partial charge >= 0.3 is 0 Å². The van der Waals surface area contributed by atoms with Crippen molar-refractivity contribution in [2.75, 3.05) is 19.7 Å². The Morgan fingerprint density at radius 1 is 1.33 bits per heavy atom. The van der Waals surface area contributed by atoms with Crippen LogP contribution >= 0.6 is 0 Å². The second-order valence-electron chi connectivity index (χ2n) is 3.82. The zero-order chi connectivity index (χ0) is 11.5. The molecule has 0 aromatic carbocycles. The summed E-state index contributed by atoms with van der Waals surface area (Å²) in [5, 5.41) is 14.5. The lowest BCUT2D eigenvalue weighted by atomic mass is 10.2. The fourth-order valence-corrected chi connectivity index (χ4v) is 1.12. The van der Waals surface area contributed by atoms with Gasteiger partial charge in [-0.05, 0) is 32.6 Å². The maximum atomic E-state index is 11.3. The zero-order valence-corrected chi connectivity index (χ0v) is 9.88. The number of hydrogen-bond acceptors (Lipinski definition) is 3. The van der Waals surface area contributed by atoms with Crippen molar-refractivity contribution in [2.45, 2.75) is 45.6 Å². The van der Waals surface area contributed by atoms with Gasteiger partial charge in [-0.2, -0.15) is 0 Å². The van der Waals surface area contributed by atoms with Gasteiger partial charge in [0.15, 0.2) is 0 Å². The van der Waals surface area contributed by atoms with Crippen molar-refractivity contribution in [3.05, 3.63) is 0 Å². The first-order valence-electron chi connectivity index (χ1n) is 5.81. The van der Waals surface area contributed by atoms with E-state index in [2.05, 4.69) is 24.5 Å². The minimum Gasteiger partial charge on any atom is -0.396 e. The predicted molar refractivity (Wildman–Crippen MR) is 61.7 cm³/mol. The Balaban J connectivity index is 3.26. The first-order chi connectivity index (χ1) is 7.20. The number of carbonyl (C=O) groups excluding carboxylic acids is 1. The van der Waals surface area contributed by atoms with Crippen molar-refractivity contribution in [1.82, 2.24) is 10.6 Å². The standard InChI is InChI=1S/C11H24N2O2/c1-3-10(2)13-9-11(15)12-7-5-4-6-8-14/h10,13-14H,3-9H2,1-2H3,(H,12,15). The van der Waals surface area contributed by atoms with Crippen molar-refractivity contribution in [3.8, 4) is 0 Å². The Labute approximate surface area is 92.4 Å². The van der Waals surface area contributed by atoms with Gasteiger partial charge in [-0.15, -0.1) is 0 Å². The molecule has 0 aliphatic carbocycles. The molecule has 0 rings (SSSR count). The highest BCUT2D eigenvalue weighted by Gasteiger charge is 2.02. The van der Waals surface area contributed by atoms with E-state index in [1.807, 2.05) is 0 Å². The molecular weight excluding hydrogens is 192 g/mol. The smallest absolute Gasteiger partial charge is 0.233 e. The van der Waals surface area contributed by atoms with Crippen molar-refractivity contribution in [3.63, 3.8) is 0 Å². The molecule has 0 bridgehead atoms. The van der Waals surface area contributed by atoms with Crippen LogP contribution in [0.1, 0.15) is 39.5 Å². The van der Waals surface area contributed by atoms with Gasteiger partial charge in [0.25, 0.3) is 0 Å². The molecule has 0 heterocycles. The third kappa shape index (κ3) is 9.69. The molecule has 90 valence electrons. The Hall–Kier alpha value is -0.610. The predicted octanol–water partition coefficient (Wildman–Crippen LogP) is 0.653. The summed E-state index contributed by atoms with van der Waals surface area (Å²) >= 11 is 0. The van der Waals surface area contributed by atoms with Crippen LogP contribution in [0.25, 0.3) is 0 Å². The van der Waals surface area contributed by atoms with Crippen LogP contribution in [-0.4, -0.2) is 36.8 Å². The highest BCUT2D eigenvalue weighted by atomic mass is 16.2. The molecule has 0 fully saturated rings. The monoisotopic (exact) mass is 216 g/mol. The largest absolute Gasteiger partial charge is 0.396 e. The Morgan fingerprint density at radius 2 is 2.07 bits per heavy atom. The minimum atomic E-state index is 0.0549. The van der Waals surface area contributed by atoms with Crippen LogP contribution in [-0.2, 0) is 4.79 Å². The Bertz CT molecular complexity index is 163. The van der Waals surface area contributed by atoms with E-state index in [9.17, 15) is 4.79 Å². The molecule has 0 aliphatic heterocycles. The van der Waals surface area contributed by atoms with E-state index in [1.165, 1.54) is 0 Å². The lowest BCUT2D eigenvalue weighted by Gasteiger charge is -2.11. The summed E-state index contributed by atoms with van der Waals surface area (Å²) < 4.78 is 0. The summed E-state index contributed by atoms with van der Waals surface area (Å²) in [7, 11) is 0. The quantitative estimate of drug-likeness (QED) is 0.496. The van der Waals surface area contributed by atoms with Gasteiger partial charge in [-0.25, -0.2) is 0 Å². The highest BCUT2D eigenvalue weighted by molar-refractivity contribution is 5.77. The molecule has 1 unspecified atom stereocenters. The minimum absolute atomic E-state index is 0.0549. The molecule has 1 atom stereocenters. The average Bonchev–Trinajstić information content (AvgIpc) is 2.25. The number of aliphatic hydroxyl groups excluding tert-OH is 1. The van der Waals surface area contributed by atoms with Gasteiger partial charge < -0.3 is 15.7 Å². The molecule has 0 saturated carbocycles. The lowest BCUT2D eigenvalue weighted by molar-refractivity contribution is -0.120. The number of carbonyl (C=O) groups is 1. The molecule has 0 aliphatic rings. The fourth-order valence-electron chi connectivity index (χ4n) is 1.12. The molecule has 4 nitrogen and oxygen atoms in total. The molecule has 0 saturated heterocycles. The van der Waals surface area contributed by atoms with Crippen molar-refractivity contribution >= 4 is 5.91 Å². The number of aliphatic hydroxyl groups is 1. The van der Waals surface area contributed by atoms with Crippen LogP contribution in [0.15, 0.2) is 0 Å². The van der Waals surface area contributed by atoms with Gasteiger partial charge in [-0.1, -0.05) is 6.92 Å². The fraction of sp³-hybridized carbons (Fsp3) is 0.909. The van der Waals surface area contributed by atoms with Crippen LogP contribution in [0, 0.1) is 0 Å². The zero-order valence-electron chi connectivity index (χ0n) is 9.88. The van der Waals surface area contributed by atoms with Crippen molar-refractivity contribution < 1.29 is 9.90 Å². The van der Waals surface area contributed by atoms with Gasteiger partial charge in [0.1, 0.15) is 0 Å². The van der Waals surface area contributed by atoms with Gasteiger partial charge in [0.05, 0.1) is 6.54 Å². The summed E-state index contributed by atoms with van der Waals surface area (Å²) in [6, 6.07) is 0.394. The van der Waals surface area contributed by atoms with Crippen LogP contribution in [0.5, 0.6) is 0 Å². The van der Waals surface area contributed by atoms with Crippen molar-refractivity contribution in [1.29, 1.82) is 0 Å². The van der Waals surface area contributed by atoms with Gasteiger partial charge in [0.2, 0.25) is 5.91 Å². The summed E-state index contributed by atoms with van der Waals surface area (Å²) in [5.74, 6) is 0.0549. The summed E-state index contributed by atoms with van der Waals surface area (Å²) in [5.41, 5.74) is 0. The summed E-state index contributed by atoms with van der Waals surface area (Å²) in [4.78, 5) is 11.3. The highest BCUT2D eigenvalue weighted by Crippen LogP contribution is 1.91. The maximum Gasteiger partial charge on any atom is 0.233 e. The number of rotatable bonds is 9. The van der Waals surface area contributed by atoms with Gasteiger partial charge in [0, 0.05) is 19.2 Å². The first-order valence-corrected chi connectivity index (χ1v) is 5.81.